The first-order chi connectivity index (χ1) is 12.2. The van der Waals surface area contributed by atoms with Crippen LogP contribution in [0.1, 0.15) is 12.7 Å². The molecule has 0 atom stereocenters. The molecule has 6 nitrogen and oxygen atoms in total. The second-order valence-electron chi connectivity index (χ2n) is 5.55. The lowest BCUT2D eigenvalue weighted by Crippen LogP contribution is -2.03. The number of methoxy groups -OCH3 is 1. The van der Waals surface area contributed by atoms with Gasteiger partial charge < -0.3 is 10.1 Å². The molecule has 0 amide bonds. The minimum Gasteiger partial charge on any atom is -0.495 e. The van der Waals surface area contributed by atoms with Gasteiger partial charge in [-0.1, -0.05) is 30.7 Å². The Hall–Kier alpha value is -2.86. The highest BCUT2D eigenvalue weighted by Gasteiger charge is 2.15. The lowest BCUT2D eigenvalue weighted by atomic mass is 10.2. The van der Waals surface area contributed by atoms with E-state index in [4.69, 9.17) is 21.3 Å². The second kappa shape index (κ2) is 6.22. The summed E-state index contributed by atoms with van der Waals surface area (Å²) in [4.78, 5) is 4.72. The number of benzene rings is 2. The summed E-state index contributed by atoms with van der Waals surface area (Å²) in [5.41, 5.74) is 3.28. The Morgan fingerprint density at radius 2 is 2.00 bits per heavy atom. The number of halogens is 1. The minimum absolute atomic E-state index is 0.606. The normalized spacial score (nSPS) is 11.2. The highest BCUT2D eigenvalue weighted by atomic mass is 35.5. The van der Waals surface area contributed by atoms with Gasteiger partial charge in [0.15, 0.2) is 5.82 Å². The molecule has 0 saturated carbocycles. The quantitative estimate of drug-likeness (QED) is 0.594. The molecule has 0 aliphatic rings. The molecule has 0 aliphatic heterocycles. The first-order valence-corrected chi connectivity index (χ1v) is 8.32. The van der Waals surface area contributed by atoms with Crippen molar-refractivity contribution in [3.8, 4) is 5.75 Å². The van der Waals surface area contributed by atoms with E-state index in [1.54, 1.807) is 19.2 Å². The van der Waals surface area contributed by atoms with Gasteiger partial charge in [0.25, 0.3) is 0 Å². The van der Waals surface area contributed by atoms with Crippen LogP contribution in [0, 0.1) is 0 Å². The number of fused-ring (bicyclic) bond motifs is 3. The fourth-order valence-corrected chi connectivity index (χ4v) is 3.01. The van der Waals surface area contributed by atoms with Crippen LogP contribution in [0.25, 0.3) is 16.7 Å². The van der Waals surface area contributed by atoms with Crippen LogP contribution in [0.3, 0.4) is 0 Å². The van der Waals surface area contributed by atoms with E-state index in [2.05, 4.69) is 22.4 Å². The van der Waals surface area contributed by atoms with Gasteiger partial charge >= 0.3 is 0 Å². The van der Waals surface area contributed by atoms with Crippen LogP contribution in [0.2, 0.25) is 5.02 Å². The number of aromatic nitrogens is 4. The Bertz CT molecular complexity index is 1080. The number of hydrogen-bond acceptors (Lipinski definition) is 5. The van der Waals surface area contributed by atoms with E-state index in [0.717, 1.165) is 29.0 Å². The maximum atomic E-state index is 6.04. The molecule has 4 aromatic rings. The number of nitrogens with zero attached hydrogens (tertiary/aromatic N) is 4. The Balaban J connectivity index is 1.94. The first kappa shape index (κ1) is 15.7. The Morgan fingerprint density at radius 1 is 1.16 bits per heavy atom. The third-order valence-corrected chi connectivity index (χ3v) is 4.26. The zero-order chi connectivity index (χ0) is 17.4. The maximum Gasteiger partial charge on any atom is 0.204 e. The van der Waals surface area contributed by atoms with E-state index >= 15 is 0 Å². The minimum atomic E-state index is 0.606. The smallest absolute Gasteiger partial charge is 0.204 e. The molecule has 0 spiro atoms. The van der Waals surface area contributed by atoms with E-state index in [-0.39, 0.29) is 0 Å². The molecule has 0 unspecified atom stereocenters. The zero-order valence-electron chi connectivity index (χ0n) is 13.8. The van der Waals surface area contributed by atoms with Crippen LogP contribution in [0.15, 0.2) is 42.5 Å². The molecule has 0 saturated heterocycles. The van der Waals surface area contributed by atoms with Crippen LogP contribution in [-0.2, 0) is 6.42 Å². The van der Waals surface area contributed by atoms with Crippen LogP contribution in [0.5, 0.6) is 5.75 Å². The number of para-hydroxylation sites is 2. The molecule has 2 aromatic heterocycles. The molecule has 2 heterocycles. The van der Waals surface area contributed by atoms with Gasteiger partial charge in [-0.3, -0.25) is 4.40 Å². The third-order valence-electron chi connectivity index (χ3n) is 4.03. The molecule has 0 bridgehead atoms. The summed E-state index contributed by atoms with van der Waals surface area (Å²) < 4.78 is 7.44. The fourth-order valence-electron chi connectivity index (χ4n) is 2.85. The lowest BCUT2D eigenvalue weighted by Gasteiger charge is -2.13. The summed E-state index contributed by atoms with van der Waals surface area (Å²) in [5, 5.41) is 12.5. The Morgan fingerprint density at radius 3 is 2.80 bits per heavy atom. The fraction of sp³-hybridized carbons (Fsp3) is 0.167. The Labute approximate surface area is 149 Å². The molecule has 0 fully saturated rings. The average Bonchev–Trinajstić information content (AvgIpc) is 3.08. The van der Waals surface area contributed by atoms with Gasteiger partial charge in [-0.05, 0) is 24.3 Å². The number of ether oxygens (including phenoxy) is 1. The van der Waals surface area contributed by atoms with E-state index in [1.165, 1.54) is 0 Å². The molecule has 4 rings (SSSR count). The molecule has 25 heavy (non-hydrogen) atoms. The van der Waals surface area contributed by atoms with Gasteiger partial charge in [-0.15, -0.1) is 10.2 Å². The van der Waals surface area contributed by atoms with E-state index in [1.807, 2.05) is 34.7 Å². The van der Waals surface area contributed by atoms with E-state index in [0.29, 0.717) is 22.2 Å². The maximum absolute atomic E-state index is 6.04. The number of hydrogen-bond donors (Lipinski definition) is 1. The van der Waals surface area contributed by atoms with Gasteiger partial charge in [0.1, 0.15) is 11.6 Å². The van der Waals surface area contributed by atoms with Gasteiger partial charge in [0, 0.05) is 17.5 Å². The van der Waals surface area contributed by atoms with Crippen molar-refractivity contribution in [2.24, 2.45) is 0 Å². The van der Waals surface area contributed by atoms with Crippen LogP contribution in [0.4, 0.5) is 11.5 Å². The molecule has 7 heteroatoms. The van der Waals surface area contributed by atoms with Crippen molar-refractivity contribution in [3.63, 3.8) is 0 Å². The average molecular weight is 354 g/mol. The van der Waals surface area contributed by atoms with Gasteiger partial charge in [-0.25, -0.2) is 4.98 Å². The summed E-state index contributed by atoms with van der Waals surface area (Å²) in [5.74, 6) is 2.14. The van der Waals surface area contributed by atoms with E-state index < -0.39 is 0 Å². The van der Waals surface area contributed by atoms with Crippen molar-refractivity contribution >= 4 is 39.8 Å². The van der Waals surface area contributed by atoms with Crippen molar-refractivity contribution in [3.05, 3.63) is 53.3 Å². The molecule has 126 valence electrons. The SMILES string of the molecule is CCc1nnc2c(Nc3ccc(Cl)cc3OC)nc3ccccc3n12. The number of rotatable bonds is 4. The molecule has 0 aliphatic carbocycles. The third kappa shape index (κ3) is 2.64. The van der Waals surface area contributed by atoms with Gasteiger partial charge in [-0.2, -0.15) is 0 Å². The summed E-state index contributed by atoms with van der Waals surface area (Å²) in [7, 11) is 1.60. The van der Waals surface area contributed by atoms with Crippen molar-refractivity contribution < 1.29 is 4.74 Å². The van der Waals surface area contributed by atoms with Crippen molar-refractivity contribution in [2.75, 3.05) is 12.4 Å². The molecule has 1 N–H and O–H groups in total. The van der Waals surface area contributed by atoms with E-state index in [9.17, 15) is 0 Å². The molecule has 0 radical (unpaired) electrons. The number of aryl methyl sites for hydroxylation is 1. The van der Waals surface area contributed by atoms with Gasteiger partial charge in [0.2, 0.25) is 5.65 Å². The van der Waals surface area contributed by atoms with Crippen LogP contribution in [-0.4, -0.2) is 26.7 Å². The molecule has 2 aromatic carbocycles. The van der Waals surface area contributed by atoms with Gasteiger partial charge in [0.05, 0.1) is 23.8 Å². The summed E-state index contributed by atoms with van der Waals surface area (Å²) in [6, 6.07) is 13.3. The summed E-state index contributed by atoms with van der Waals surface area (Å²) in [6.07, 6.45) is 0.777. The first-order valence-electron chi connectivity index (χ1n) is 7.94. The zero-order valence-corrected chi connectivity index (χ0v) is 14.6. The highest BCUT2D eigenvalue weighted by Crippen LogP contribution is 2.32. The summed E-state index contributed by atoms with van der Waals surface area (Å²) >= 11 is 6.04. The molecular weight excluding hydrogens is 338 g/mol. The van der Waals surface area contributed by atoms with Crippen molar-refractivity contribution in [2.45, 2.75) is 13.3 Å². The van der Waals surface area contributed by atoms with Crippen LogP contribution < -0.4 is 10.1 Å². The number of anilines is 2. The summed E-state index contributed by atoms with van der Waals surface area (Å²) in [6.45, 7) is 2.06. The van der Waals surface area contributed by atoms with Crippen molar-refractivity contribution in [1.82, 2.24) is 19.6 Å². The largest absolute Gasteiger partial charge is 0.495 e. The molecular formula is C18H16ClN5O. The van der Waals surface area contributed by atoms with Crippen molar-refractivity contribution in [1.29, 1.82) is 0 Å². The monoisotopic (exact) mass is 353 g/mol. The van der Waals surface area contributed by atoms with Crippen LogP contribution >= 0.6 is 11.6 Å². The topological polar surface area (TPSA) is 64.3 Å². The predicted molar refractivity (Wildman–Crippen MR) is 99.0 cm³/mol. The standard InChI is InChI=1S/C18H16ClN5O/c1-3-16-22-23-18-17(20-12-6-4-5-7-14(12)24(16)18)21-13-9-8-11(19)10-15(13)25-2/h4-10H,3H2,1-2H3,(H,20,21). The second-order valence-corrected chi connectivity index (χ2v) is 5.98. The number of nitrogens with one attached hydrogen (secondary N) is 1. The highest BCUT2D eigenvalue weighted by molar-refractivity contribution is 6.30. The predicted octanol–water partition coefficient (Wildman–Crippen LogP) is 4.25. The lowest BCUT2D eigenvalue weighted by molar-refractivity contribution is 0.417. The Kier molecular flexibility index (Phi) is 3.89.